The number of nitrogens with zero attached hydrogens (tertiary/aromatic N) is 2. The van der Waals surface area contributed by atoms with Gasteiger partial charge in [-0.05, 0) is 54.7 Å². The summed E-state index contributed by atoms with van der Waals surface area (Å²) in [6, 6.07) is 10.6. The topological polar surface area (TPSA) is 84.7 Å². The van der Waals surface area contributed by atoms with Gasteiger partial charge in [-0.1, -0.05) is 6.07 Å². The summed E-state index contributed by atoms with van der Waals surface area (Å²) in [7, 11) is 0. The summed E-state index contributed by atoms with van der Waals surface area (Å²) in [5, 5.41) is 14.4. The van der Waals surface area contributed by atoms with Crippen molar-refractivity contribution in [3.63, 3.8) is 0 Å². The summed E-state index contributed by atoms with van der Waals surface area (Å²) in [6.45, 7) is 2.28. The van der Waals surface area contributed by atoms with Gasteiger partial charge in [0.2, 0.25) is 0 Å². The molecule has 1 saturated heterocycles. The molecule has 27 heavy (non-hydrogen) atoms. The summed E-state index contributed by atoms with van der Waals surface area (Å²) in [4.78, 5) is 25.6. The van der Waals surface area contributed by atoms with E-state index in [9.17, 15) is 14.9 Å². The zero-order chi connectivity index (χ0) is 18.8. The Morgan fingerprint density at radius 3 is 2.63 bits per heavy atom. The number of ether oxygens (including phenoxy) is 1. The Bertz CT molecular complexity index is 891. The second kappa shape index (κ2) is 7.36. The quantitative estimate of drug-likeness (QED) is 0.663. The van der Waals surface area contributed by atoms with Gasteiger partial charge in [-0.2, -0.15) is 0 Å². The Morgan fingerprint density at radius 2 is 1.85 bits per heavy atom. The van der Waals surface area contributed by atoms with Gasteiger partial charge in [-0.15, -0.1) is 0 Å². The number of carbonyl (C=O) groups excluding carboxylic acids is 1. The van der Waals surface area contributed by atoms with Gasteiger partial charge in [0.15, 0.2) is 0 Å². The number of hydrogen-bond donors (Lipinski definition) is 1. The molecule has 0 aromatic heterocycles. The van der Waals surface area contributed by atoms with Crippen molar-refractivity contribution in [1.82, 2.24) is 0 Å². The van der Waals surface area contributed by atoms with E-state index >= 15 is 0 Å². The average molecular weight is 367 g/mol. The average Bonchev–Trinajstić information content (AvgIpc) is 3.16. The van der Waals surface area contributed by atoms with Crippen LogP contribution in [0.25, 0.3) is 0 Å². The van der Waals surface area contributed by atoms with Gasteiger partial charge in [0, 0.05) is 30.4 Å². The number of amides is 1. The molecule has 1 heterocycles. The van der Waals surface area contributed by atoms with Crippen molar-refractivity contribution < 1.29 is 14.5 Å². The molecule has 0 atom stereocenters. The van der Waals surface area contributed by atoms with E-state index in [1.807, 2.05) is 23.1 Å². The molecule has 2 aromatic rings. The molecular formula is C20H21N3O4. The minimum absolute atomic E-state index is 0.0569. The molecule has 0 bridgehead atoms. The van der Waals surface area contributed by atoms with Gasteiger partial charge in [-0.3, -0.25) is 14.9 Å². The number of hydrogen-bond acceptors (Lipinski definition) is 5. The molecule has 0 unspecified atom stereocenters. The van der Waals surface area contributed by atoms with Crippen LogP contribution in [-0.4, -0.2) is 37.1 Å². The fourth-order valence-corrected chi connectivity index (χ4v) is 3.74. The number of anilines is 2. The van der Waals surface area contributed by atoms with Crippen molar-refractivity contribution in [2.45, 2.75) is 19.3 Å². The Balaban J connectivity index is 1.56. The van der Waals surface area contributed by atoms with Crippen LogP contribution in [0.5, 0.6) is 0 Å². The van der Waals surface area contributed by atoms with Gasteiger partial charge in [0.1, 0.15) is 5.69 Å². The van der Waals surface area contributed by atoms with E-state index in [4.69, 9.17) is 4.74 Å². The SMILES string of the molecule is O=C(Nc1ccc2c(c1)CCC2)c1ccc(N2CCOCC2)c([N+](=O)[O-])c1. The summed E-state index contributed by atoms with van der Waals surface area (Å²) in [5.41, 5.74) is 4.07. The van der Waals surface area contributed by atoms with E-state index in [-0.39, 0.29) is 17.2 Å². The number of nitro groups is 1. The molecule has 2 aliphatic rings. The van der Waals surface area contributed by atoms with Crippen LogP contribution in [0, 0.1) is 10.1 Å². The second-order valence-corrected chi connectivity index (χ2v) is 6.85. The molecule has 0 spiro atoms. The maximum absolute atomic E-state index is 12.6. The van der Waals surface area contributed by atoms with Gasteiger partial charge >= 0.3 is 0 Å². The first-order valence-corrected chi connectivity index (χ1v) is 9.16. The molecule has 1 aliphatic carbocycles. The van der Waals surface area contributed by atoms with Gasteiger partial charge < -0.3 is 15.0 Å². The van der Waals surface area contributed by atoms with Crippen LogP contribution in [0.1, 0.15) is 27.9 Å². The summed E-state index contributed by atoms with van der Waals surface area (Å²) >= 11 is 0. The van der Waals surface area contributed by atoms with Crippen LogP contribution in [0.2, 0.25) is 0 Å². The lowest BCUT2D eigenvalue weighted by Gasteiger charge is -2.28. The van der Waals surface area contributed by atoms with Crippen molar-refractivity contribution in [2.24, 2.45) is 0 Å². The number of benzene rings is 2. The van der Waals surface area contributed by atoms with Crippen molar-refractivity contribution in [2.75, 3.05) is 36.5 Å². The lowest BCUT2D eigenvalue weighted by atomic mass is 10.1. The molecule has 7 heteroatoms. The highest BCUT2D eigenvalue weighted by molar-refractivity contribution is 6.05. The number of morpholine rings is 1. The first-order chi connectivity index (χ1) is 13.1. The van der Waals surface area contributed by atoms with Crippen LogP contribution >= 0.6 is 0 Å². The summed E-state index contributed by atoms with van der Waals surface area (Å²) in [5.74, 6) is -0.343. The molecule has 0 saturated carbocycles. The zero-order valence-electron chi connectivity index (χ0n) is 14.9. The molecule has 140 valence electrons. The lowest BCUT2D eigenvalue weighted by Crippen LogP contribution is -2.36. The van der Waals surface area contributed by atoms with Crippen LogP contribution in [-0.2, 0) is 17.6 Å². The number of aryl methyl sites for hydroxylation is 2. The van der Waals surface area contributed by atoms with Crippen molar-refractivity contribution in [3.8, 4) is 0 Å². The molecule has 0 radical (unpaired) electrons. The van der Waals surface area contributed by atoms with Crippen LogP contribution < -0.4 is 10.2 Å². The Labute approximate surface area is 157 Å². The Morgan fingerprint density at radius 1 is 1.07 bits per heavy atom. The molecule has 4 rings (SSSR count). The van der Waals surface area contributed by atoms with Crippen molar-refractivity contribution >= 4 is 23.0 Å². The van der Waals surface area contributed by atoms with E-state index in [0.717, 1.165) is 24.9 Å². The first kappa shape index (κ1) is 17.5. The predicted molar refractivity (Wildman–Crippen MR) is 103 cm³/mol. The normalized spacial score (nSPS) is 16.1. The fraction of sp³-hybridized carbons (Fsp3) is 0.350. The lowest BCUT2D eigenvalue weighted by molar-refractivity contribution is -0.384. The largest absolute Gasteiger partial charge is 0.378 e. The minimum Gasteiger partial charge on any atom is -0.378 e. The van der Waals surface area contributed by atoms with Crippen LogP contribution in [0.3, 0.4) is 0 Å². The van der Waals surface area contributed by atoms with E-state index in [2.05, 4.69) is 5.32 Å². The maximum atomic E-state index is 12.6. The number of nitrogens with one attached hydrogen (secondary N) is 1. The summed E-state index contributed by atoms with van der Waals surface area (Å²) in [6.07, 6.45) is 3.25. The molecule has 1 fully saturated rings. The highest BCUT2D eigenvalue weighted by atomic mass is 16.6. The van der Waals surface area contributed by atoms with Gasteiger partial charge in [0.25, 0.3) is 11.6 Å². The third-order valence-electron chi connectivity index (χ3n) is 5.14. The van der Waals surface area contributed by atoms with Crippen molar-refractivity contribution in [1.29, 1.82) is 0 Å². The predicted octanol–water partition coefficient (Wildman–Crippen LogP) is 3.17. The highest BCUT2D eigenvalue weighted by Crippen LogP contribution is 2.30. The molecule has 1 N–H and O–H groups in total. The molecule has 1 aliphatic heterocycles. The fourth-order valence-electron chi connectivity index (χ4n) is 3.74. The number of carbonyl (C=O) groups is 1. The Hall–Kier alpha value is -2.93. The van der Waals surface area contributed by atoms with E-state index in [0.29, 0.717) is 32.0 Å². The maximum Gasteiger partial charge on any atom is 0.293 e. The van der Waals surface area contributed by atoms with Crippen molar-refractivity contribution in [3.05, 3.63) is 63.2 Å². The number of rotatable bonds is 4. The van der Waals surface area contributed by atoms with Crippen LogP contribution in [0.4, 0.5) is 17.1 Å². The molecule has 1 amide bonds. The molecule has 7 nitrogen and oxygen atoms in total. The number of nitro benzene ring substituents is 1. The van der Waals surface area contributed by atoms with Gasteiger partial charge in [0.05, 0.1) is 18.1 Å². The van der Waals surface area contributed by atoms with Gasteiger partial charge in [-0.25, -0.2) is 0 Å². The van der Waals surface area contributed by atoms with Crippen LogP contribution in [0.15, 0.2) is 36.4 Å². The monoisotopic (exact) mass is 367 g/mol. The third kappa shape index (κ3) is 3.64. The molecule has 2 aromatic carbocycles. The zero-order valence-corrected chi connectivity index (χ0v) is 14.9. The Kier molecular flexibility index (Phi) is 4.77. The summed E-state index contributed by atoms with van der Waals surface area (Å²) < 4.78 is 5.31. The second-order valence-electron chi connectivity index (χ2n) is 6.85. The standard InChI is InChI=1S/C20H21N3O4/c24-20(21-17-6-4-14-2-1-3-15(14)12-17)16-5-7-18(19(13-16)23(25)26)22-8-10-27-11-9-22/h4-7,12-13H,1-3,8-11H2,(H,21,24). The minimum atomic E-state index is -0.434. The van der Waals surface area contributed by atoms with E-state index in [1.165, 1.54) is 17.2 Å². The first-order valence-electron chi connectivity index (χ1n) is 9.16. The molecular weight excluding hydrogens is 346 g/mol. The third-order valence-corrected chi connectivity index (χ3v) is 5.14. The van der Waals surface area contributed by atoms with E-state index < -0.39 is 4.92 Å². The number of fused-ring (bicyclic) bond motifs is 1. The van der Waals surface area contributed by atoms with E-state index in [1.54, 1.807) is 12.1 Å². The highest BCUT2D eigenvalue weighted by Gasteiger charge is 2.23. The smallest absolute Gasteiger partial charge is 0.293 e.